The van der Waals surface area contributed by atoms with Gasteiger partial charge in [-0.1, -0.05) is 13.8 Å². The summed E-state index contributed by atoms with van der Waals surface area (Å²) in [6.07, 6.45) is 3.89. The van der Waals surface area contributed by atoms with Crippen molar-refractivity contribution >= 4 is 23.4 Å². The summed E-state index contributed by atoms with van der Waals surface area (Å²) in [7, 11) is 3.86. The van der Waals surface area contributed by atoms with E-state index in [4.69, 9.17) is 11.6 Å². The molecule has 1 aromatic heterocycles. The smallest absolute Gasteiger partial charge is 0.226 e. The van der Waals surface area contributed by atoms with Gasteiger partial charge in [-0.2, -0.15) is 4.98 Å². The van der Waals surface area contributed by atoms with Crippen LogP contribution in [0.25, 0.3) is 0 Å². The lowest BCUT2D eigenvalue weighted by Gasteiger charge is -2.29. The molecule has 102 valence electrons. The number of nitrogens with zero attached hydrogens (tertiary/aromatic N) is 3. The number of hydrogen-bond donors (Lipinski definition) is 1. The molecule has 1 aromatic rings. The molecule has 0 spiro atoms. The van der Waals surface area contributed by atoms with Crippen molar-refractivity contribution in [1.82, 2.24) is 9.97 Å². The SMILES string of the molecule is CCC(CC)(CCl)CNc1ccnc(N(C)C)n1. The van der Waals surface area contributed by atoms with E-state index in [9.17, 15) is 0 Å². The van der Waals surface area contributed by atoms with Gasteiger partial charge >= 0.3 is 0 Å². The predicted octanol–water partition coefficient (Wildman–Crippen LogP) is 3.00. The summed E-state index contributed by atoms with van der Waals surface area (Å²) in [5.74, 6) is 2.23. The Bertz CT molecular complexity index is 355. The molecular weight excluding hydrogens is 248 g/mol. The third-order valence-corrected chi connectivity index (χ3v) is 4.04. The van der Waals surface area contributed by atoms with Crippen LogP contribution in [0.4, 0.5) is 11.8 Å². The topological polar surface area (TPSA) is 41.1 Å². The Morgan fingerprint density at radius 3 is 2.50 bits per heavy atom. The van der Waals surface area contributed by atoms with Gasteiger partial charge in [0.05, 0.1) is 0 Å². The van der Waals surface area contributed by atoms with E-state index in [2.05, 4.69) is 29.1 Å². The van der Waals surface area contributed by atoms with E-state index in [0.29, 0.717) is 11.8 Å². The molecular formula is C13H23ClN4. The lowest BCUT2D eigenvalue weighted by atomic mass is 9.84. The molecule has 0 atom stereocenters. The average molecular weight is 271 g/mol. The average Bonchev–Trinajstić information content (AvgIpc) is 2.41. The van der Waals surface area contributed by atoms with Gasteiger partial charge in [0.15, 0.2) is 0 Å². The zero-order chi connectivity index (χ0) is 13.6. The van der Waals surface area contributed by atoms with Crippen molar-refractivity contribution < 1.29 is 0 Å². The maximum absolute atomic E-state index is 6.09. The van der Waals surface area contributed by atoms with E-state index in [-0.39, 0.29) is 5.41 Å². The van der Waals surface area contributed by atoms with E-state index >= 15 is 0 Å². The third kappa shape index (κ3) is 3.73. The largest absolute Gasteiger partial charge is 0.369 e. The molecule has 0 saturated carbocycles. The van der Waals surface area contributed by atoms with Crippen LogP contribution in [0.2, 0.25) is 0 Å². The first-order valence-electron chi connectivity index (χ1n) is 6.37. The second-order valence-electron chi connectivity index (χ2n) is 4.83. The van der Waals surface area contributed by atoms with Crippen molar-refractivity contribution in [3.8, 4) is 0 Å². The fraction of sp³-hybridized carbons (Fsp3) is 0.692. The number of halogens is 1. The number of nitrogens with one attached hydrogen (secondary N) is 1. The van der Waals surface area contributed by atoms with Gasteiger partial charge in [-0.15, -0.1) is 11.6 Å². The molecule has 0 aromatic carbocycles. The highest BCUT2D eigenvalue weighted by molar-refractivity contribution is 6.18. The van der Waals surface area contributed by atoms with Gasteiger partial charge in [0, 0.05) is 38.1 Å². The first-order valence-corrected chi connectivity index (χ1v) is 6.90. The second kappa shape index (κ2) is 6.78. The summed E-state index contributed by atoms with van der Waals surface area (Å²) in [6, 6.07) is 1.89. The molecule has 4 nitrogen and oxygen atoms in total. The normalized spacial score (nSPS) is 11.4. The predicted molar refractivity (Wildman–Crippen MR) is 78.6 cm³/mol. The standard InChI is InChI=1S/C13H23ClN4/c1-5-13(6-2,9-14)10-16-11-7-8-15-12(17-11)18(3)4/h7-8H,5-6,9-10H2,1-4H3,(H,15,16,17). The molecule has 0 amide bonds. The fourth-order valence-corrected chi connectivity index (χ4v) is 2.15. The third-order valence-electron chi connectivity index (χ3n) is 3.47. The van der Waals surface area contributed by atoms with Crippen LogP contribution in [0.15, 0.2) is 12.3 Å². The second-order valence-corrected chi connectivity index (χ2v) is 5.10. The van der Waals surface area contributed by atoms with E-state index in [1.54, 1.807) is 6.20 Å². The van der Waals surface area contributed by atoms with Gasteiger partial charge < -0.3 is 10.2 Å². The highest BCUT2D eigenvalue weighted by Gasteiger charge is 2.24. The van der Waals surface area contributed by atoms with E-state index in [1.807, 2.05) is 25.1 Å². The van der Waals surface area contributed by atoms with Crippen molar-refractivity contribution in [2.24, 2.45) is 5.41 Å². The van der Waals surface area contributed by atoms with Gasteiger partial charge in [0.2, 0.25) is 5.95 Å². The van der Waals surface area contributed by atoms with Crippen molar-refractivity contribution in [1.29, 1.82) is 0 Å². The van der Waals surface area contributed by atoms with Gasteiger partial charge in [-0.25, -0.2) is 4.98 Å². The Kier molecular flexibility index (Phi) is 5.66. The molecule has 0 aliphatic carbocycles. The first kappa shape index (κ1) is 15.0. The number of hydrogen-bond acceptors (Lipinski definition) is 4. The molecule has 5 heteroatoms. The minimum absolute atomic E-state index is 0.144. The molecule has 18 heavy (non-hydrogen) atoms. The van der Waals surface area contributed by atoms with Crippen molar-refractivity contribution in [3.63, 3.8) is 0 Å². The summed E-state index contributed by atoms with van der Waals surface area (Å²) < 4.78 is 0. The molecule has 0 aliphatic rings. The van der Waals surface area contributed by atoms with Gasteiger partial charge in [0.1, 0.15) is 5.82 Å². The van der Waals surface area contributed by atoms with Crippen LogP contribution < -0.4 is 10.2 Å². The minimum atomic E-state index is 0.144. The Labute approximate surface area is 115 Å². The monoisotopic (exact) mass is 270 g/mol. The molecule has 0 saturated heterocycles. The summed E-state index contributed by atoms with van der Waals surface area (Å²) in [5, 5.41) is 3.37. The molecule has 0 unspecified atom stereocenters. The molecule has 0 fully saturated rings. The summed E-state index contributed by atoms with van der Waals surface area (Å²) >= 11 is 6.09. The zero-order valence-electron chi connectivity index (χ0n) is 11.7. The lowest BCUT2D eigenvalue weighted by molar-refractivity contribution is 0.326. The van der Waals surface area contributed by atoms with Crippen LogP contribution in [0.3, 0.4) is 0 Å². The van der Waals surface area contributed by atoms with E-state index in [1.165, 1.54) is 0 Å². The van der Waals surface area contributed by atoms with Crippen LogP contribution >= 0.6 is 11.6 Å². The zero-order valence-corrected chi connectivity index (χ0v) is 12.5. The Morgan fingerprint density at radius 2 is 2.00 bits per heavy atom. The molecule has 0 bridgehead atoms. The molecule has 0 aliphatic heterocycles. The van der Waals surface area contributed by atoms with Gasteiger partial charge in [-0.3, -0.25) is 0 Å². The van der Waals surface area contributed by atoms with Crippen LogP contribution in [0.5, 0.6) is 0 Å². The minimum Gasteiger partial charge on any atom is -0.369 e. The van der Waals surface area contributed by atoms with Gasteiger partial charge in [0.25, 0.3) is 0 Å². The number of aromatic nitrogens is 2. The maximum atomic E-state index is 6.09. The fourth-order valence-electron chi connectivity index (χ4n) is 1.68. The molecule has 0 radical (unpaired) electrons. The number of alkyl halides is 1. The van der Waals surface area contributed by atoms with Gasteiger partial charge in [-0.05, 0) is 18.9 Å². The highest BCUT2D eigenvalue weighted by Crippen LogP contribution is 2.28. The molecule has 1 rings (SSSR count). The Balaban J connectivity index is 2.70. The molecule has 1 N–H and O–H groups in total. The van der Waals surface area contributed by atoms with E-state index < -0.39 is 0 Å². The maximum Gasteiger partial charge on any atom is 0.226 e. The lowest BCUT2D eigenvalue weighted by Crippen LogP contribution is -2.30. The van der Waals surface area contributed by atoms with E-state index in [0.717, 1.165) is 25.2 Å². The summed E-state index contributed by atoms with van der Waals surface area (Å²) in [5.41, 5.74) is 0.144. The highest BCUT2D eigenvalue weighted by atomic mass is 35.5. The number of anilines is 2. The first-order chi connectivity index (χ1) is 8.56. The van der Waals surface area contributed by atoms with Crippen molar-refractivity contribution in [3.05, 3.63) is 12.3 Å². The van der Waals surface area contributed by atoms with Crippen LogP contribution in [0, 0.1) is 5.41 Å². The summed E-state index contributed by atoms with van der Waals surface area (Å²) in [4.78, 5) is 10.5. The summed E-state index contributed by atoms with van der Waals surface area (Å²) in [6.45, 7) is 5.20. The quantitative estimate of drug-likeness (QED) is 0.774. The van der Waals surface area contributed by atoms with Crippen LogP contribution in [-0.2, 0) is 0 Å². The number of rotatable bonds is 7. The van der Waals surface area contributed by atoms with Crippen molar-refractivity contribution in [2.45, 2.75) is 26.7 Å². The van der Waals surface area contributed by atoms with Crippen molar-refractivity contribution in [2.75, 3.05) is 36.7 Å². The van der Waals surface area contributed by atoms with Crippen LogP contribution in [0.1, 0.15) is 26.7 Å². The molecule has 1 heterocycles. The van der Waals surface area contributed by atoms with Crippen LogP contribution in [-0.4, -0.2) is 36.5 Å². The Hall–Kier alpha value is -1.03. The Morgan fingerprint density at radius 1 is 1.33 bits per heavy atom.